The number of aryl methyl sites for hydroxylation is 1. The standard InChI is InChI=1S/C16H13ClF3N3OS/c1-9-5-6-12(10(7-9)16(18,19)20)23-15(24)22-8-21-14-11(17)3-2-4-13(14)25/h2-8,25H,1H3,(H2,21,22,23,24). The average Bonchev–Trinajstić information content (AvgIpc) is 2.51. The fourth-order valence-electron chi connectivity index (χ4n) is 1.95. The summed E-state index contributed by atoms with van der Waals surface area (Å²) >= 11 is 10.1. The second-order valence-electron chi connectivity index (χ2n) is 5.01. The van der Waals surface area contributed by atoms with Gasteiger partial charge in [-0.3, -0.25) is 5.32 Å². The summed E-state index contributed by atoms with van der Waals surface area (Å²) < 4.78 is 39.1. The summed E-state index contributed by atoms with van der Waals surface area (Å²) in [7, 11) is 0. The highest BCUT2D eigenvalue weighted by molar-refractivity contribution is 7.80. The maximum Gasteiger partial charge on any atom is 0.418 e. The van der Waals surface area contributed by atoms with Crippen LogP contribution in [0.2, 0.25) is 5.02 Å². The Balaban J connectivity index is 2.10. The number of carbonyl (C=O) groups excluding carboxylic acids is 1. The van der Waals surface area contributed by atoms with Crippen LogP contribution in [0.15, 0.2) is 46.3 Å². The number of hydrogen-bond acceptors (Lipinski definition) is 3. The number of anilines is 1. The average molecular weight is 388 g/mol. The van der Waals surface area contributed by atoms with Crippen LogP contribution in [0, 0.1) is 6.92 Å². The summed E-state index contributed by atoms with van der Waals surface area (Å²) in [6, 6.07) is 7.68. The van der Waals surface area contributed by atoms with E-state index >= 15 is 0 Å². The molecule has 132 valence electrons. The summed E-state index contributed by atoms with van der Waals surface area (Å²) in [6.07, 6.45) is -3.56. The Hall–Kier alpha value is -2.19. The van der Waals surface area contributed by atoms with Gasteiger partial charge in [0.05, 0.1) is 28.3 Å². The van der Waals surface area contributed by atoms with Gasteiger partial charge in [0.25, 0.3) is 0 Å². The molecule has 2 rings (SSSR count). The number of hydrogen-bond donors (Lipinski definition) is 3. The second-order valence-corrected chi connectivity index (χ2v) is 5.90. The highest BCUT2D eigenvalue weighted by Gasteiger charge is 2.34. The molecule has 0 fully saturated rings. The molecule has 2 amide bonds. The van der Waals surface area contributed by atoms with Crippen molar-refractivity contribution in [3.05, 3.63) is 52.5 Å². The molecule has 0 aliphatic rings. The smallest absolute Gasteiger partial charge is 0.307 e. The maximum atomic E-state index is 13.0. The van der Waals surface area contributed by atoms with Crippen LogP contribution in [0.3, 0.4) is 0 Å². The van der Waals surface area contributed by atoms with Gasteiger partial charge in [0.1, 0.15) is 0 Å². The van der Waals surface area contributed by atoms with Crippen molar-refractivity contribution in [1.29, 1.82) is 0 Å². The topological polar surface area (TPSA) is 53.5 Å². The minimum atomic E-state index is -4.58. The largest absolute Gasteiger partial charge is 0.418 e. The predicted octanol–water partition coefficient (Wildman–Crippen LogP) is 5.44. The molecule has 0 aliphatic heterocycles. The van der Waals surface area contributed by atoms with Gasteiger partial charge in [0, 0.05) is 4.90 Å². The van der Waals surface area contributed by atoms with Gasteiger partial charge >= 0.3 is 12.2 Å². The van der Waals surface area contributed by atoms with E-state index in [9.17, 15) is 18.0 Å². The van der Waals surface area contributed by atoms with Gasteiger partial charge in [-0.25, -0.2) is 9.79 Å². The zero-order valence-electron chi connectivity index (χ0n) is 12.9. The summed E-state index contributed by atoms with van der Waals surface area (Å²) in [4.78, 5) is 16.2. The van der Waals surface area contributed by atoms with Crippen molar-refractivity contribution in [2.45, 2.75) is 18.0 Å². The molecule has 0 aromatic heterocycles. The zero-order valence-corrected chi connectivity index (χ0v) is 14.5. The van der Waals surface area contributed by atoms with Crippen molar-refractivity contribution in [2.24, 2.45) is 4.99 Å². The van der Waals surface area contributed by atoms with Crippen LogP contribution in [-0.4, -0.2) is 12.4 Å². The molecule has 0 unspecified atom stereocenters. The molecule has 0 heterocycles. The van der Waals surface area contributed by atoms with Crippen LogP contribution in [0.25, 0.3) is 0 Å². The van der Waals surface area contributed by atoms with E-state index in [1.807, 2.05) is 0 Å². The fourth-order valence-corrected chi connectivity index (χ4v) is 2.50. The van der Waals surface area contributed by atoms with Gasteiger partial charge in [0.2, 0.25) is 0 Å². The number of amides is 2. The summed E-state index contributed by atoms with van der Waals surface area (Å²) in [6.45, 7) is 1.53. The predicted molar refractivity (Wildman–Crippen MR) is 95.2 cm³/mol. The Bertz CT molecular complexity index is 805. The first-order chi connectivity index (χ1) is 11.7. The van der Waals surface area contributed by atoms with Gasteiger partial charge in [-0.15, -0.1) is 12.6 Å². The summed E-state index contributed by atoms with van der Waals surface area (Å²) in [5, 5.41) is 4.70. The molecule has 0 bridgehead atoms. The number of thiol groups is 1. The lowest BCUT2D eigenvalue weighted by atomic mass is 10.1. The molecule has 2 aromatic rings. The first-order valence-corrected chi connectivity index (χ1v) is 7.76. The Morgan fingerprint density at radius 1 is 1.28 bits per heavy atom. The van der Waals surface area contributed by atoms with E-state index in [4.69, 9.17) is 11.6 Å². The van der Waals surface area contributed by atoms with E-state index in [0.717, 1.165) is 12.4 Å². The third kappa shape index (κ3) is 5.14. The van der Waals surface area contributed by atoms with Crippen LogP contribution >= 0.6 is 24.2 Å². The van der Waals surface area contributed by atoms with Crippen LogP contribution in [0.5, 0.6) is 0 Å². The number of aliphatic imine (C=N–C) groups is 1. The minimum absolute atomic E-state index is 0.323. The Morgan fingerprint density at radius 3 is 2.64 bits per heavy atom. The maximum absolute atomic E-state index is 13.0. The number of carbonyl (C=O) groups is 1. The quantitative estimate of drug-likeness (QED) is 0.367. The molecule has 9 heteroatoms. The lowest BCUT2D eigenvalue weighted by molar-refractivity contribution is -0.136. The van der Waals surface area contributed by atoms with Crippen LogP contribution in [-0.2, 0) is 6.18 Å². The van der Waals surface area contributed by atoms with Gasteiger partial charge in [-0.05, 0) is 31.2 Å². The number of alkyl halides is 3. The lowest BCUT2D eigenvalue weighted by Gasteiger charge is -2.14. The van der Waals surface area contributed by atoms with E-state index in [2.05, 4.69) is 28.3 Å². The monoisotopic (exact) mass is 387 g/mol. The van der Waals surface area contributed by atoms with Crippen molar-refractivity contribution >= 4 is 48.0 Å². The Kier molecular flexibility index (Phi) is 5.97. The van der Waals surface area contributed by atoms with Crippen LogP contribution in [0.4, 0.5) is 29.3 Å². The molecule has 25 heavy (non-hydrogen) atoms. The van der Waals surface area contributed by atoms with E-state index in [1.54, 1.807) is 18.2 Å². The molecule has 0 saturated heterocycles. The molecule has 0 spiro atoms. The third-order valence-corrected chi connectivity index (χ3v) is 3.75. The van der Waals surface area contributed by atoms with Gasteiger partial charge in [0.15, 0.2) is 0 Å². The number of nitrogens with one attached hydrogen (secondary N) is 2. The number of rotatable bonds is 3. The first-order valence-electron chi connectivity index (χ1n) is 6.94. The number of para-hydroxylation sites is 1. The number of halogens is 4. The fraction of sp³-hybridized carbons (Fsp3) is 0.125. The van der Waals surface area contributed by atoms with Crippen molar-refractivity contribution in [1.82, 2.24) is 5.32 Å². The van der Waals surface area contributed by atoms with Gasteiger partial charge < -0.3 is 5.32 Å². The molecule has 0 atom stereocenters. The zero-order chi connectivity index (χ0) is 18.6. The van der Waals surface area contributed by atoms with E-state index in [-0.39, 0.29) is 5.69 Å². The van der Waals surface area contributed by atoms with Crippen LogP contribution < -0.4 is 10.6 Å². The number of benzene rings is 2. The van der Waals surface area contributed by atoms with Gasteiger partial charge in [-0.1, -0.05) is 29.3 Å². The summed E-state index contributed by atoms with van der Waals surface area (Å²) in [5.74, 6) is 0. The van der Waals surface area contributed by atoms with Gasteiger partial charge in [-0.2, -0.15) is 13.2 Å². The van der Waals surface area contributed by atoms with Crippen molar-refractivity contribution in [2.75, 3.05) is 5.32 Å². The summed E-state index contributed by atoms with van der Waals surface area (Å²) in [5.41, 5.74) is -0.515. The minimum Gasteiger partial charge on any atom is -0.307 e. The van der Waals surface area contributed by atoms with E-state index in [0.29, 0.717) is 21.2 Å². The third-order valence-electron chi connectivity index (χ3n) is 3.08. The van der Waals surface area contributed by atoms with E-state index in [1.165, 1.54) is 19.1 Å². The van der Waals surface area contributed by atoms with Crippen molar-refractivity contribution < 1.29 is 18.0 Å². The highest BCUT2D eigenvalue weighted by atomic mass is 35.5. The second kappa shape index (κ2) is 7.79. The molecule has 0 saturated carbocycles. The molecular formula is C16H13ClF3N3OS. The first kappa shape index (κ1) is 19.1. The molecule has 0 aliphatic carbocycles. The normalized spacial score (nSPS) is 11.6. The molecule has 2 N–H and O–H groups in total. The molecular weight excluding hydrogens is 375 g/mol. The highest BCUT2D eigenvalue weighted by Crippen LogP contribution is 2.35. The van der Waals surface area contributed by atoms with Crippen LogP contribution in [0.1, 0.15) is 11.1 Å². The Morgan fingerprint density at radius 2 is 2.00 bits per heavy atom. The van der Waals surface area contributed by atoms with E-state index < -0.39 is 17.8 Å². The van der Waals surface area contributed by atoms with Crippen molar-refractivity contribution in [3.8, 4) is 0 Å². The molecule has 2 aromatic carbocycles. The lowest BCUT2D eigenvalue weighted by Crippen LogP contribution is -2.28. The molecule has 4 nitrogen and oxygen atoms in total. The molecule has 0 radical (unpaired) electrons. The SMILES string of the molecule is Cc1ccc(NC(=O)NC=Nc2c(S)cccc2Cl)c(C(F)(F)F)c1. The number of urea groups is 1. The Labute approximate surface area is 152 Å². The number of nitrogens with zero attached hydrogens (tertiary/aromatic N) is 1. The van der Waals surface area contributed by atoms with Crippen molar-refractivity contribution in [3.63, 3.8) is 0 Å².